The summed E-state index contributed by atoms with van der Waals surface area (Å²) in [6.07, 6.45) is 1.47. The summed E-state index contributed by atoms with van der Waals surface area (Å²) in [5.41, 5.74) is 8.30. The van der Waals surface area contributed by atoms with Crippen molar-refractivity contribution < 1.29 is 33.3 Å². The number of unbranched alkanes of at least 4 members (excludes halogenated alkanes) is 1. The van der Waals surface area contributed by atoms with Gasteiger partial charge in [-0.1, -0.05) is 96.6 Å². The first kappa shape index (κ1) is 41.5. The van der Waals surface area contributed by atoms with Gasteiger partial charge in [0.1, 0.15) is 23.9 Å². The minimum atomic E-state index is -0.778. The summed E-state index contributed by atoms with van der Waals surface area (Å²) < 4.78 is 23.0. The summed E-state index contributed by atoms with van der Waals surface area (Å²) in [6, 6.07) is 36.5. The molecule has 0 saturated carbocycles. The van der Waals surface area contributed by atoms with E-state index in [4.69, 9.17) is 18.9 Å². The second kappa shape index (κ2) is 20.3. The number of amides is 2. The zero-order valence-electron chi connectivity index (χ0n) is 33.7. The third-order valence-corrected chi connectivity index (χ3v) is 10.7. The molecule has 6 rings (SSSR count). The number of fused-ring (bicyclic) bond motifs is 3. The van der Waals surface area contributed by atoms with Gasteiger partial charge in [0, 0.05) is 36.4 Å². The highest BCUT2D eigenvalue weighted by molar-refractivity contribution is 5.88. The van der Waals surface area contributed by atoms with E-state index in [2.05, 4.69) is 40.2 Å². The molecule has 0 saturated heterocycles. The average molecular weight is 784 g/mol. The van der Waals surface area contributed by atoms with E-state index in [9.17, 15) is 14.4 Å². The van der Waals surface area contributed by atoms with E-state index in [1.54, 1.807) is 32.4 Å². The molecular formula is C48H53N3O7. The van der Waals surface area contributed by atoms with E-state index < -0.39 is 18.1 Å². The van der Waals surface area contributed by atoms with Crippen molar-refractivity contribution in [3.8, 4) is 28.4 Å². The van der Waals surface area contributed by atoms with Gasteiger partial charge in [-0.3, -0.25) is 9.59 Å². The maximum Gasteiger partial charge on any atom is 0.407 e. The molecular weight excluding hydrogens is 731 g/mol. The van der Waals surface area contributed by atoms with E-state index in [0.717, 1.165) is 63.9 Å². The number of hydrogen-bond donors (Lipinski definition) is 3. The monoisotopic (exact) mass is 783 g/mol. The van der Waals surface area contributed by atoms with Crippen LogP contribution >= 0.6 is 0 Å². The fourth-order valence-electron chi connectivity index (χ4n) is 7.51. The van der Waals surface area contributed by atoms with Crippen LogP contribution in [0.5, 0.6) is 17.2 Å². The van der Waals surface area contributed by atoms with Gasteiger partial charge in [-0.25, -0.2) is 4.79 Å². The minimum Gasteiger partial charge on any atom is -0.497 e. The minimum absolute atomic E-state index is 0.0741. The maximum atomic E-state index is 14.4. The summed E-state index contributed by atoms with van der Waals surface area (Å²) in [4.78, 5) is 40.5. The summed E-state index contributed by atoms with van der Waals surface area (Å²) in [5.74, 6) is 0.791. The van der Waals surface area contributed by atoms with Gasteiger partial charge < -0.3 is 34.9 Å². The fourth-order valence-corrected chi connectivity index (χ4v) is 7.51. The molecule has 5 aromatic rings. The number of benzene rings is 5. The third kappa shape index (κ3) is 10.6. The Labute approximate surface area is 341 Å². The SMILES string of the molecule is CNCCCC[C@H](NC(=O)OCC1c2ccccc2-c2ccccc21)C(=O)CC(c1ccc(OCC(=O)NCc2ccc(C)cc2)cc1)c1ccc(OC)cc1OC. The van der Waals surface area contributed by atoms with Crippen LogP contribution < -0.4 is 30.2 Å². The average Bonchev–Trinajstić information content (AvgIpc) is 3.58. The molecule has 2 amide bonds. The van der Waals surface area contributed by atoms with Crippen LogP contribution in [0.2, 0.25) is 0 Å². The van der Waals surface area contributed by atoms with Crippen molar-refractivity contribution in [2.45, 2.75) is 57.0 Å². The number of ketones is 1. The van der Waals surface area contributed by atoms with Gasteiger partial charge in [-0.2, -0.15) is 0 Å². The molecule has 0 fully saturated rings. The number of carbonyl (C=O) groups is 3. The normalized spacial score (nSPS) is 12.8. The topological polar surface area (TPSA) is 124 Å². The van der Waals surface area contributed by atoms with Crippen LogP contribution in [0.25, 0.3) is 11.1 Å². The second-order valence-electron chi connectivity index (χ2n) is 14.6. The fraction of sp³-hybridized carbons (Fsp3) is 0.312. The molecule has 0 spiro atoms. The third-order valence-electron chi connectivity index (χ3n) is 10.7. The Balaban J connectivity index is 1.16. The molecule has 0 heterocycles. The maximum absolute atomic E-state index is 14.4. The van der Waals surface area contributed by atoms with Gasteiger partial charge in [-0.05, 0) is 91.4 Å². The Hall–Kier alpha value is -6.13. The molecule has 0 aromatic heterocycles. The zero-order chi connectivity index (χ0) is 40.9. The number of nitrogens with one attached hydrogen (secondary N) is 3. The van der Waals surface area contributed by atoms with Crippen molar-refractivity contribution in [3.05, 3.63) is 149 Å². The predicted octanol–water partition coefficient (Wildman–Crippen LogP) is 8.10. The quantitative estimate of drug-likeness (QED) is 0.0678. The molecule has 0 aliphatic heterocycles. The van der Waals surface area contributed by atoms with Crippen molar-refractivity contribution in [2.75, 3.05) is 41.0 Å². The van der Waals surface area contributed by atoms with Crippen LogP contribution in [0.4, 0.5) is 4.79 Å². The van der Waals surface area contributed by atoms with Crippen molar-refractivity contribution in [1.29, 1.82) is 0 Å². The Morgan fingerprint density at radius 1 is 0.759 bits per heavy atom. The molecule has 1 aliphatic carbocycles. The first-order valence-corrected chi connectivity index (χ1v) is 19.8. The van der Waals surface area contributed by atoms with Crippen LogP contribution in [0.3, 0.4) is 0 Å². The number of aryl methyl sites for hydroxylation is 1. The highest BCUT2D eigenvalue weighted by Gasteiger charge is 2.31. The molecule has 5 aromatic carbocycles. The largest absolute Gasteiger partial charge is 0.497 e. The molecule has 1 unspecified atom stereocenters. The molecule has 10 heteroatoms. The molecule has 3 N–H and O–H groups in total. The zero-order valence-corrected chi connectivity index (χ0v) is 33.7. The van der Waals surface area contributed by atoms with Gasteiger partial charge in [0.25, 0.3) is 5.91 Å². The summed E-state index contributed by atoms with van der Waals surface area (Å²) in [6.45, 7) is 3.23. The number of rotatable bonds is 20. The number of ether oxygens (including phenoxy) is 4. The van der Waals surface area contributed by atoms with Gasteiger partial charge in [0.2, 0.25) is 0 Å². The lowest BCUT2D eigenvalue weighted by atomic mass is 9.84. The van der Waals surface area contributed by atoms with Gasteiger partial charge in [0.05, 0.1) is 20.3 Å². The van der Waals surface area contributed by atoms with Crippen molar-refractivity contribution in [1.82, 2.24) is 16.0 Å². The molecule has 10 nitrogen and oxygen atoms in total. The summed E-state index contributed by atoms with van der Waals surface area (Å²) in [5, 5.41) is 8.99. The first-order chi connectivity index (χ1) is 28.3. The molecule has 0 radical (unpaired) electrons. The lowest BCUT2D eigenvalue weighted by Crippen LogP contribution is -2.42. The number of alkyl carbamates (subject to hydrolysis) is 1. The summed E-state index contributed by atoms with van der Waals surface area (Å²) >= 11 is 0. The van der Waals surface area contributed by atoms with Crippen LogP contribution in [0.1, 0.15) is 70.9 Å². The standard InChI is InChI=1S/C48H53N3O7/c1-32-16-18-33(19-17-32)29-50-47(53)31-57-35-22-20-34(21-23-35)42(41-25-24-36(55-3)27-46(41)56-4)28-45(52)44(15-9-10-26-49-2)51-48(54)58-30-43-39-13-7-5-11-37(39)38-12-6-8-14-40(38)43/h5-8,11-14,16-25,27,42-44,49H,9-10,15,26,28-31H2,1-4H3,(H,50,53)(H,51,54)/t42?,44-/m0/s1. The predicted molar refractivity (Wildman–Crippen MR) is 226 cm³/mol. The molecule has 1 aliphatic rings. The van der Waals surface area contributed by atoms with E-state index in [1.807, 2.05) is 86.8 Å². The first-order valence-electron chi connectivity index (χ1n) is 19.8. The van der Waals surface area contributed by atoms with Crippen molar-refractivity contribution in [3.63, 3.8) is 0 Å². The summed E-state index contributed by atoms with van der Waals surface area (Å²) in [7, 11) is 5.06. The van der Waals surface area contributed by atoms with Crippen LogP contribution in [0, 0.1) is 6.92 Å². The highest BCUT2D eigenvalue weighted by atomic mass is 16.5. The van der Waals surface area contributed by atoms with Gasteiger partial charge in [-0.15, -0.1) is 0 Å². The Kier molecular flexibility index (Phi) is 14.6. The molecule has 2 atom stereocenters. The van der Waals surface area contributed by atoms with E-state index >= 15 is 0 Å². The van der Waals surface area contributed by atoms with Crippen LogP contribution in [-0.2, 0) is 20.9 Å². The van der Waals surface area contributed by atoms with Crippen LogP contribution in [0.15, 0.2) is 115 Å². The van der Waals surface area contributed by atoms with Crippen LogP contribution in [-0.4, -0.2) is 64.9 Å². The van der Waals surface area contributed by atoms with Gasteiger partial charge in [0.15, 0.2) is 12.4 Å². The van der Waals surface area contributed by atoms with E-state index in [0.29, 0.717) is 30.2 Å². The Morgan fingerprint density at radius 3 is 2.09 bits per heavy atom. The molecule has 58 heavy (non-hydrogen) atoms. The Morgan fingerprint density at radius 2 is 1.43 bits per heavy atom. The lowest BCUT2D eigenvalue weighted by Gasteiger charge is -2.24. The Bertz CT molecular complexity index is 2110. The molecule has 302 valence electrons. The number of Topliss-reactive ketones (excluding diaryl/α,β-unsaturated/α-hetero) is 1. The van der Waals surface area contributed by atoms with E-state index in [1.165, 1.54) is 0 Å². The number of carbonyl (C=O) groups excluding carboxylic acids is 3. The lowest BCUT2D eigenvalue weighted by molar-refractivity contribution is -0.123. The molecule has 0 bridgehead atoms. The van der Waals surface area contributed by atoms with Gasteiger partial charge >= 0.3 is 6.09 Å². The highest BCUT2D eigenvalue weighted by Crippen LogP contribution is 2.44. The van der Waals surface area contributed by atoms with Crippen molar-refractivity contribution >= 4 is 17.8 Å². The van der Waals surface area contributed by atoms with Crippen molar-refractivity contribution in [2.24, 2.45) is 0 Å². The smallest absolute Gasteiger partial charge is 0.407 e. The number of hydrogen-bond acceptors (Lipinski definition) is 8. The van der Waals surface area contributed by atoms with E-state index in [-0.39, 0.29) is 37.2 Å². The second-order valence-corrected chi connectivity index (χ2v) is 14.6. The number of methoxy groups -OCH3 is 2.